The Bertz CT molecular complexity index is 807. The zero-order chi connectivity index (χ0) is 21.8. The number of ether oxygens (including phenoxy) is 3. The summed E-state index contributed by atoms with van der Waals surface area (Å²) >= 11 is 0. The molecule has 0 radical (unpaired) electrons. The van der Waals surface area contributed by atoms with Crippen molar-refractivity contribution in [3.63, 3.8) is 0 Å². The molecule has 2 rings (SSSR count). The van der Waals surface area contributed by atoms with Crippen LogP contribution in [0.3, 0.4) is 0 Å². The third kappa shape index (κ3) is 6.84. The average molecular weight is 415 g/mol. The molecule has 0 saturated carbocycles. The molecule has 7 nitrogen and oxygen atoms in total. The van der Waals surface area contributed by atoms with Crippen molar-refractivity contribution in [2.24, 2.45) is 4.99 Å². The molecule has 0 atom stereocenters. The van der Waals surface area contributed by atoms with Gasteiger partial charge in [-0.25, -0.2) is 0 Å². The second-order valence-electron chi connectivity index (χ2n) is 6.60. The van der Waals surface area contributed by atoms with E-state index >= 15 is 0 Å². The van der Waals surface area contributed by atoms with Gasteiger partial charge in [0.1, 0.15) is 12.4 Å². The highest BCUT2D eigenvalue weighted by Gasteiger charge is 2.08. The number of hydrogen-bond acceptors (Lipinski definition) is 5. The predicted octanol–water partition coefficient (Wildman–Crippen LogP) is 3.61. The van der Waals surface area contributed by atoms with Crippen LogP contribution in [0.2, 0.25) is 0 Å². The highest BCUT2D eigenvalue weighted by atomic mass is 16.5. The van der Waals surface area contributed by atoms with Gasteiger partial charge in [-0.15, -0.1) is 0 Å². The fourth-order valence-corrected chi connectivity index (χ4v) is 3.02. The van der Waals surface area contributed by atoms with Crippen molar-refractivity contribution in [1.82, 2.24) is 10.2 Å². The van der Waals surface area contributed by atoms with Crippen LogP contribution in [-0.4, -0.2) is 58.4 Å². The highest BCUT2D eigenvalue weighted by Crippen LogP contribution is 2.29. The summed E-state index contributed by atoms with van der Waals surface area (Å²) in [4.78, 5) is 6.65. The first kappa shape index (κ1) is 23.3. The molecular weight excluding hydrogens is 380 g/mol. The molecule has 0 heterocycles. The number of guanidine groups is 1. The number of benzene rings is 2. The maximum absolute atomic E-state index is 6.04. The largest absolute Gasteiger partial charge is 0.493 e. The molecule has 0 aliphatic carbocycles. The third-order valence-corrected chi connectivity index (χ3v) is 4.85. The molecule has 0 aliphatic heterocycles. The maximum atomic E-state index is 6.04. The molecule has 0 spiro atoms. The minimum absolute atomic E-state index is 0.592. The Morgan fingerprint density at radius 1 is 0.967 bits per heavy atom. The second-order valence-corrected chi connectivity index (χ2v) is 6.60. The Morgan fingerprint density at radius 2 is 1.70 bits per heavy atom. The van der Waals surface area contributed by atoms with Crippen LogP contribution >= 0.6 is 0 Å². The van der Waals surface area contributed by atoms with Crippen molar-refractivity contribution in [3.05, 3.63) is 48.0 Å². The van der Waals surface area contributed by atoms with Gasteiger partial charge < -0.3 is 29.7 Å². The number of methoxy groups -OCH3 is 2. The van der Waals surface area contributed by atoms with Gasteiger partial charge in [0.2, 0.25) is 0 Å². The third-order valence-electron chi connectivity index (χ3n) is 4.85. The van der Waals surface area contributed by atoms with Crippen LogP contribution < -0.4 is 24.8 Å². The number of rotatable bonds is 11. The lowest BCUT2D eigenvalue weighted by molar-refractivity contribution is 0.221. The van der Waals surface area contributed by atoms with Gasteiger partial charge in [0.15, 0.2) is 17.5 Å². The first-order valence-corrected chi connectivity index (χ1v) is 10.3. The van der Waals surface area contributed by atoms with Gasteiger partial charge >= 0.3 is 0 Å². The molecule has 0 fully saturated rings. The van der Waals surface area contributed by atoms with Gasteiger partial charge in [-0.1, -0.05) is 32.0 Å². The lowest BCUT2D eigenvalue weighted by atomic mass is 10.2. The van der Waals surface area contributed by atoms with Gasteiger partial charge in [-0.05, 0) is 31.3 Å². The van der Waals surface area contributed by atoms with Gasteiger partial charge in [0.25, 0.3) is 0 Å². The summed E-state index contributed by atoms with van der Waals surface area (Å²) in [7, 11) is 4.97. The molecule has 2 aromatic rings. The Morgan fingerprint density at radius 3 is 2.37 bits per heavy atom. The first-order valence-electron chi connectivity index (χ1n) is 10.3. The van der Waals surface area contributed by atoms with E-state index in [1.165, 1.54) is 0 Å². The van der Waals surface area contributed by atoms with Crippen LogP contribution in [0.25, 0.3) is 0 Å². The number of aliphatic imine (C=N–C) groups is 1. The van der Waals surface area contributed by atoms with Crippen LogP contribution in [0.4, 0.5) is 5.69 Å². The van der Waals surface area contributed by atoms with Crippen molar-refractivity contribution in [2.45, 2.75) is 20.4 Å². The fraction of sp³-hybridized carbons (Fsp3) is 0.435. The van der Waals surface area contributed by atoms with E-state index in [1.807, 2.05) is 36.4 Å². The van der Waals surface area contributed by atoms with Crippen molar-refractivity contribution in [2.75, 3.05) is 52.8 Å². The van der Waals surface area contributed by atoms with E-state index in [-0.39, 0.29) is 0 Å². The van der Waals surface area contributed by atoms with Crippen molar-refractivity contribution < 1.29 is 14.2 Å². The van der Waals surface area contributed by atoms with E-state index in [4.69, 9.17) is 14.2 Å². The number of para-hydroxylation sites is 1. The summed E-state index contributed by atoms with van der Waals surface area (Å²) in [6.07, 6.45) is 0. The number of likely N-dealkylation sites (N-methyl/N-ethyl adjacent to an activating group) is 1. The molecule has 2 N–H and O–H groups in total. The van der Waals surface area contributed by atoms with Crippen molar-refractivity contribution in [3.8, 4) is 17.2 Å². The molecule has 30 heavy (non-hydrogen) atoms. The van der Waals surface area contributed by atoms with E-state index in [0.29, 0.717) is 30.6 Å². The van der Waals surface area contributed by atoms with Gasteiger partial charge in [-0.3, -0.25) is 4.99 Å². The van der Waals surface area contributed by atoms with Crippen LogP contribution in [0.1, 0.15) is 19.4 Å². The predicted molar refractivity (Wildman–Crippen MR) is 123 cm³/mol. The minimum atomic E-state index is 0.592. The smallest absolute Gasteiger partial charge is 0.195 e. The molecular formula is C23H34N4O3. The van der Waals surface area contributed by atoms with E-state index in [2.05, 4.69) is 40.4 Å². The average Bonchev–Trinajstić information content (AvgIpc) is 2.79. The van der Waals surface area contributed by atoms with E-state index in [1.54, 1.807) is 21.3 Å². The van der Waals surface area contributed by atoms with Gasteiger partial charge in [-0.2, -0.15) is 0 Å². The maximum Gasteiger partial charge on any atom is 0.195 e. The monoisotopic (exact) mass is 414 g/mol. The molecule has 0 amide bonds. The molecule has 0 bridgehead atoms. The zero-order valence-electron chi connectivity index (χ0n) is 18.7. The summed E-state index contributed by atoms with van der Waals surface area (Å²) in [6, 6.07) is 13.7. The van der Waals surface area contributed by atoms with Crippen molar-refractivity contribution >= 4 is 11.6 Å². The summed E-state index contributed by atoms with van der Waals surface area (Å²) in [6.45, 7) is 8.56. The minimum Gasteiger partial charge on any atom is -0.493 e. The summed E-state index contributed by atoms with van der Waals surface area (Å²) in [5.41, 5.74) is 1.93. The number of nitrogens with one attached hydrogen (secondary N) is 2. The molecule has 0 saturated heterocycles. The van der Waals surface area contributed by atoms with Crippen LogP contribution in [0, 0.1) is 0 Å². The Balaban J connectivity index is 1.97. The number of hydrogen-bond donors (Lipinski definition) is 2. The molecule has 164 valence electrons. The zero-order valence-corrected chi connectivity index (χ0v) is 18.7. The molecule has 0 aliphatic rings. The first-order chi connectivity index (χ1) is 14.6. The SMILES string of the molecule is CCN(CC)CCOc1ccccc1CNC(=NC)Nc1ccc(OC)c(OC)c1. The molecule has 0 unspecified atom stereocenters. The summed E-state index contributed by atoms with van der Waals surface area (Å²) in [5.74, 6) is 2.88. The Hall–Kier alpha value is -2.93. The van der Waals surface area contributed by atoms with Crippen LogP contribution in [-0.2, 0) is 6.54 Å². The highest BCUT2D eigenvalue weighted by molar-refractivity contribution is 5.93. The Labute approximate surface area is 180 Å². The van der Waals surface area contributed by atoms with Crippen molar-refractivity contribution in [1.29, 1.82) is 0 Å². The van der Waals surface area contributed by atoms with Crippen LogP contribution in [0.5, 0.6) is 17.2 Å². The fourth-order valence-electron chi connectivity index (χ4n) is 3.02. The quantitative estimate of drug-likeness (QED) is 0.433. The number of anilines is 1. The van der Waals surface area contributed by atoms with E-state index < -0.39 is 0 Å². The van der Waals surface area contributed by atoms with Gasteiger partial charge in [0.05, 0.1) is 14.2 Å². The van der Waals surface area contributed by atoms with E-state index in [9.17, 15) is 0 Å². The Kier molecular flexibility index (Phi) is 9.80. The second kappa shape index (κ2) is 12.6. The summed E-state index contributed by atoms with van der Waals surface area (Å²) < 4.78 is 16.7. The standard InChI is InChI=1S/C23H34N4O3/c1-6-27(7-2)14-15-30-20-11-9-8-10-18(20)17-25-23(24-3)26-19-12-13-21(28-4)22(16-19)29-5/h8-13,16H,6-7,14-15,17H2,1-5H3,(H2,24,25,26). The van der Waals surface area contributed by atoms with E-state index in [0.717, 1.165) is 36.6 Å². The number of nitrogens with zero attached hydrogens (tertiary/aromatic N) is 2. The topological polar surface area (TPSA) is 67.4 Å². The molecule has 2 aromatic carbocycles. The molecule has 7 heteroatoms. The van der Waals surface area contributed by atoms with Gasteiger partial charge in [0, 0.05) is 37.5 Å². The summed E-state index contributed by atoms with van der Waals surface area (Å²) in [5, 5.41) is 6.61. The van der Waals surface area contributed by atoms with Crippen LogP contribution in [0.15, 0.2) is 47.5 Å². The lowest BCUT2D eigenvalue weighted by Gasteiger charge is -2.19. The normalized spacial score (nSPS) is 11.3. The molecule has 0 aromatic heterocycles. The lowest BCUT2D eigenvalue weighted by Crippen LogP contribution is -2.30.